The van der Waals surface area contributed by atoms with E-state index < -0.39 is 0 Å². The summed E-state index contributed by atoms with van der Waals surface area (Å²) in [6.07, 6.45) is 3.59. The number of unbranched alkanes of at least 4 members (excludes halogenated alkanes) is 1. The summed E-state index contributed by atoms with van der Waals surface area (Å²) in [5, 5.41) is 2.85. The van der Waals surface area contributed by atoms with Crippen LogP contribution in [0.2, 0.25) is 0 Å². The van der Waals surface area contributed by atoms with Crippen molar-refractivity contribution in [3.63, 3.8) is 0 Å². The molecular formula is C11H25N3O. The molecule has 5 N–H and O–H groups in total. The molecule has 1 amide bonds. The minimum atomic E-state index is -0.372. The average molecular weight is 215 g/mol. The molecule has 0 aliphatic rings. The Balaban J connectivity index is 3.51. The lowest BCUT2D eigenvalue weighted by molar-refractivity contribution is -0.122. The van der Waals surface area contributed by atoms with Crippen LogP contribution in [0, 0.1) is 5.92 Å². The number of hydrogen-bond acceptors (Lipinski definition) is 3. The molecule has 0 spiro atoms. The fourth-order valence-corrected chi connectivity index (χ4v) is 1.25. The van der Waals surface area contributed by atoms with E-state index in [0.29, 0.717) is 12.5 Å². The van der Waals surface area contributed by atoms with Crippen molar-refractivity contribution in [1.82, 2.24) is 5.32 Å². The van der Waals surface area contributed by atoms with Crippen molar-refractivity contribution in [2.45, 2.75) is 45.6 Å². The van der Waals surface area contributed by atoms with Gasteiger partial charge in [0, 0.05) is 6.54 Å². The van der Waals surface area contributed by atoms with Crippen molar-refractivity contribution >= 4 is 5.91 Å². The Labute approximate surface area is 92.8 Å². The van der Waals surface area contributed by atoms with E-state index in [1.54, 1.807) is 0 Å². The quantitative estimate of drug-likeness (QED) is 0.519. The van der Waals surface area contributed by atoms with Gasteiger partial charge in [0.2, 0.25) is 5.91 Å². The highest BCUT2D eigenvalue weighted by molar-refractivity contribution is 5.81. The summed E-state index contributed by atoms with van der Waals surface area (Å²) in [5.41, 5.74) is 11.1. The monoisotopic (exact) mass is 215 g/mol. The van der Waals surface area contributed by atoms with Crippen molar-refractivity contribution < 1.29 is 4.79 Å². The van der Waals surface area contributed by atoms with Gasteiger partial charge in [0.1, 0.15) is 0 Å². The van der Waals surface area contributed by atoms with E-state index in [9.17, 15) is 4.79 Å². The molecule has 0 aromatic carbocycles. The fourth-order valence-electron chi connectivity index (χ4n) is 1.25. The maximum Gasteiger partial charge on any atom is 0.236 e. The zero-order chi connectivity index (χ0) is 11.7. The Morgan fingerprint density at radius 3 is 2.47 bits per heavy atom. The van der Waals surface area contributed by atoms with Gasteiger partial charge < -0.3 is 16.8 Å². The van der Waals surface area contributed by atoms with Crippen LogP contribution in [0.1, 0.15) is 39.5 Å². The predicted molar refractivity (Wildman–Crippen MR) is 63.3 cm³/mol. The minimum absolute atomic E-state index is 0.0346. The number of amides is 1. The lowest BCUT2D eigenvalue weighted by atomic mass is 10.1. The smallest absolute Gasteiger partial charge is 0.236 e. The second kappa shape index (κ2) is 8.68. The summed E-state index contributed by atoms with van der Waals surface area (Å²) < 4.78 is 0. The Kier molecular flexibility index (Phi) is 8.33. The molecule has 90 valence electrons. The molecule has 0 unspecified atom stereocenters. The van der Waals surface area contributed by atoms with Gasteiger partial charge in [-0.3, -0.25) is 4.79 Å². The standard InChI is InChI=1S/C11H25N3O/c1-9(2)6-8-14-11(15)10(13)5-3-4-7-12/h9-10H,3-8,12-13H2,1-2H3,(H,14,15)/t10-/m0/s1. The predicted octanol–water partition coefficient (Wildman–Crippen LogP) is 0.605. The van der Waals surface area contributed by atoms with Crippen LogP contribution in [0.4, 0.5) is 0 Å². The molecule has 0 aliphatic heterocycles. The molecule has 0 aromatic heterocycles. The Morgan fingerprint density at radius 2 is 1.93 bits per heavy atom. The van der Waals surface area contributed by atoms with E-state index in [1.807, 2.05) is 0 Å². The highest BCUT2D eigenvalue weighted by atomic mass is 16.2. The maximum atomic E-state index is 11.5. The van der Waals surface area contributed by atoms with Gasteiger partial charge in [-0.25, -0.2) is 0 Å². The number of nitrogens with two attached hydrogens (primary N) is 2. The third kappa shape index (κ3) is 8.39. The third-order valence-corrected chi connectivity index (χ3v) is 2.33. The van der Waals surface area contributed by atoms with Crippen LogP contribution in [-0.4, -0.2) is 25.0 Å². The van der Waals surface area contributed by atoms with E-state index >= 15 is 0 Å². The van der Waals surface area contributed by atoms with E-state index in [2.05, 4.69) is 19.2 Å². The van der Waals surface area contributed by atoms with Gasteiger partial charge in [0.25, 0.3) is 0 Å². The van der Waals surface area contributed by atoms with Crippen molar-refractivity contribution in [3.8, 4) is 0 Å². The van der Waals surface area contributed by atoms with Crippen LogP contribution in [0.15, 0.2) is 0 Å². The zero-order valence-electron chi connectivity index (χ0n) is 9.96. The van der Waals surface area contributed by atoms with Crippen molar-refractivity contribution in [2.24, 2.45) is 17.4 Å². The first-order valence-electron chi connectivity index (χ1n) is 5.81. The average Bonchev–Trinajstić information content (AvgIpc) is 2.17. The van der Waals surface area contributed by atoms with E-state index in [-0.39, 0.29) is 11.9 Å². The molecule has 0 saturated carbocycles. The highest BCUT2D eigenvalue weighted by Crippen LogP contribution is 1.99. The summed E-state index contributed by atoms with van der Waals surface area (Å²) >= 11 is 0. The SMILES string of the molecule is CC(C)CCNC(=O)[C@@H](N)CCCCN. The molecule has 0 radical (unpaired) electrons. The van der Waals surface area contributed by atoms with Crippen LogP contribution in [0.25, 0.3) is 0 Å². The van der Waals surface area contributed by atoms with Crippen LogP contribution in [0.3, 0.4) is 0 Å². The summed E-state index contributed by atoms with van der Waals surface area (Å²) in [5.74, 6) is 0.575. The van der Waals surface area contributed by atoms with Gasteiger partial charge >= 0.3 is 0 Å². The van der Waals surface area contributed by atoms with E-state index in [4.69, 9.17) is 11.5 Å². The molecule has 0 heterocycles. The van der Waals surface area contributed by atoms with Crippen molar-refractivity contribution in [1.29, 1.82) is 0 Å². The summed E-state index contributed by atoms with van der Waals surface area (Å²) in [7, 11) is 0. The molecule has 1 atom stereocenters. The molecule has 0 bridgehead atoms. The van der Waals surface area contributed by atoms with Gasteiger partial charge in [0.15, 0.2) is 0 Å². The largest absolute Gasteiger partial charge is 0.355 e. The normalized spacial score (nSPS) is 12.9. The van der Waals surface area contributed by atoms with Gasteiger partial charge in [-0.2, -0.15) is 0 Å². The van der Waals surface area contributed by atoms with E-state index in [1.165, 1.54) is 0 Å². The fraction of sp³-hybridized carbons (Fsp3) is 0.909. The van der Waals surface area contributed by atoms with Gasteiger partial charge in [-0.15, -0.1) is 0 Å². The Morgan fingerprint density at radius 1 is 1.27 bits per heavy atom. The number of hydrogen-bond donors (Lipinski definition) is 3. The third-order valence-electron chi connectivity index (χ3n) is 2.33. The van der Waals surface area contributed by atoms with Crippen LogP contribution in [0.5, 0.6) is 0 Å². The first-order valence-corrected chi connectivity index (χ1v) is 5.81. The molecular weight excluding hydrogens is 190 g/mol. The van der Waals surface area contributed by atoms with Gasteiger partial charge in [0.05, 0.1) is 6.04 Å². The van der Waals surface area contributed by atoms with Crippen LogP contribution < -0.4 is 16.8 Å². The second-order valence-electron chi connectivity index (χ2n) is 4.36. The Hall–Kier alpha value is -0.610. The molecule has 0 fully saturated rings. The first-order chi connectivity index (χ1) is 7.07. The number of rotatable bonds is 8. The minimum Gasteiger partial charge on any atom is -0.355 e. The number of nitrogens with one attached hydrogen (secondary N) is 1. The number of carbonyl (C=O) groups excluding carboxylic acids is 1. The van der Waals surface area contributed by atoms with Crippen molar-refractivity contribution in [3.05, 3.63) is 0 Å². The van der Waals surface area contributed by atoms with Crippen LogP contribution in [-0.2, 0) is 4.79 Å². The lowest BCUT2D eigenvalue weighted by Crippen LogP contribution is -2.41. The Bertz CT molecular complexity index is 171. The summed E-state index contributed by atoms with van der Waals surface area (Å²) in [6, 6.07) is -0.372. The molecule has 4 nitrogen and oxygen atoms in total. The summed E-state index contributed by atoms with van der Waals surface area (Å²) in [4.78, 5) is 11.5. The second-order valence-corrected chi connectivity index (χ2v) is 4.36. The van der Waals surface area contributed by atoms with Crippen molar-refractivity contribution in [2.75, 3.05) is 13.1 Å². The molecule has 0 saturated heterocycles. The lowest BCUT2D eigenvalue weighted by Gasteiger charge is -2.12. The molecule has 15 heavy (non-hydrogen) atoms. The highest BCUT2D eigenvalue weighted by Gasteiger charge is 2.11. The molecule has 0 aromatic rings. The summed E-state index contributed by atoms with van der Waals surface area (Å²) in [6.45, 7) is 5.66. The molecule has 4 heteroatoms. The van der Waals surface area contributed by atoms with E-state index in [0.717, 1.165) is 32.2 Å². The zero-order valence-corrected chi connectivity index (χ0v) is 9.96. The topological polar surface area (TPSA) is 81.1 Å². The van der Waals surface area contributed by atoms with Gasteiger partial charge in [-0.05, 0) is 31.7 Å². The molecule has 0 rings (SSSR count). The molecule has 0 aliphatic carbocycles. The number of carbonyl (C=O) groups is 1. The van der Waals surface area contributed by atoms with Crippen LogP contribution >= 0.6 is 0 Å². The maximum absolute atomic E-state index is 11.5. The van der Waals surface area contributed by atoms with Gasteiger partial charge in [-0.1, -0.05) is 20.3 Å². The first kappa shape index (κ1) is 14.4.